The lowest BCUT2D eigenvalue weighted by molar-refractivity contribution is -0.136. The highest BCUT2D eigenvalue weighted by molar-refractivity contribution is 5.98. The first-order valence-electron chi connectivity index (χ1n) is 22.3. The Morgan fingerprint density at radius 1 is 0.651 bits per heavy atom. The Hall–Kier alpha value is -5.18. The molecule has 1 aromatic rings. The highest BCUT2D eigenvalue weighted by atomic mass is 16.3. The Morgan fingerprint density at radius 2 is 1.13 bits per heavy atom. The number of hydrogen-bond acceptors (Lipinski definition) is 12. The smallest absolute Gasteiger partial charge is 0.245 e. The molecule has 354 valence electrons. The second-order valence-corrected chi connectivity index (χ2v) is 16.4. The standard InChI is InChI=1S/C43H73N11O9/c1-5-6-7-8-12-15-35(56)48-32-19-23-47-43(63)36(27(4)55)54-40(60)31(18-22-46)50-37(57)29(16-20-44)51-41(61)33(24-26(2)3)52-42(62)34(25-28-13-10-9-11-14-28)53-38(58)30(17-21-45)49-39(32)59/h9-11,13-14,26-27,29-34,36,55H,5-8,12,15-25,44-46H2,1-4H3,(H,47,63)(H,48,56)(H,49,59)(H,50,57)(H,51,61)(H,52,62)(H,53,58)(H,54,60)/t27-,29+,30+,31+,32+,33+,34-,36+/m1/s1. The van der Waals surface area contributed by atoms with Gasteiger partial charge in [-0.05, 0) is 76.6 Å². The van der Waals surface area contributed by atoms with E-state index in [1.165, 1.54) is 6.92 Å². The summed E-state index contributed by atoms with van der Waals surface area (Å²) in [5.41, 5.74) is 18.2. The lowest BCUT2D eigenvalue weighted by Gasteiger charge is -2.28. The third-order valence-corrected chi connectivity index (χ3v) is 10.5. The normalized spacial score (nSPS) is 24.5. The van der Waals surface area contributed by atoms with Gasteiger partial charge in [-0.3, -0.25) is 38.4 Å². The van der Waals surface area contributed by atoms with Gasteiger partial charge >= 0.3 is 0 Å². The second kappa shape index (κ2) is 29.2. The van der Waals surface area contributed by atoms with Gasteiger partial charge in [0.15, 0.2) is 0 Å². The molecule has 0 bridgehead atoms. The molecule has 1 aliphatic rings. The van der Waals surface area contributed by atoms with Gasteiger partial charge in [0.2, 0.25) is 47.3 Å². The first kappa shape index (κ1) is 54.0. The number of carbonyl (C=O) groups excluding carboxylic acids is 8. The number of aliphatic hydroxyl groups is 1. The molecule has 1 aromatic carbocycles. The van der Waals surface area contributed by atoms with E-state index in [-0.39, 0.29) is 77.0 Å². The Balaban J connectivity index is 2.64. The summed E-state index contributed by atoms with van der Waals surface area (Å²) in [6, 6.07) is -0.281. The van der Waals surface area contributed by atoms with Crippen molar-refractivity contribution in [2.24, 2.45) is 23.1 Å². The molecule has 0 aliphatic carbocycles. The van der Waals surface area contributed by atoms with Crippen LogP contribution in [0.4, 0.5) is 0 Å². The predicted octanol–water partition coefficient (Wildman–Crippen LogP) is -2.02. The van der Waals surface area contributed by atoms with Crippen molar-refractivity contribution in [3.8, 4) is 0 Å². The van der Waals surface area contributed by atoms with E-state index in [4.69, 9.17) is 17.2 Å². The van der Waals surface area contributed by atoms with E-state index in [0.29, 0.717) is 12.0 Å². The molecule has 2 rings (SSSR count). The van der Waals surface area contributed by atoms with Crippen molar-refractivity contribution in [1.82, 2.24) is 42.5 Å². The molecule has 0 saturated carbocycles. The van der Waals surface area contributed by atoms with E-state index in [9.17, 15) is 43.5 Å². The molecule has 0 unspecified atom stereocenters. The molecule has 1 saturated heterocycles. The number of aliphatic hydroxyl groups excluding tert-OH is 1. The minimum atomic E-state index is -1.53. The van der Waals surface area contributed by atoms with Crippen molar-refractivity contribution in [3.05, 3.63) is 35.9 Å². The van der Waals surface area contributed by atoms with Crippen LogP contribution in [-0.2, 0) is 44.8 Å². The van der Waals surface area contributed by atoms with Crippen molar-refractivity contribution in [1.29, 1.82) is 0 Å². The molecule has 1 heterocycles. The number of nitrogens with one attached hydrogen (secondary N) is 8. The van der Waals surface area contributed by atoms with Crippen LogP contribution in [0.3, 0.4) is 0 Å². The van der Waals surface area contributed by atoms with Crippen molar-refractivity contribution in [3.63, 3.8) is 0 Å². The summed E-state index contributed by atoms with van der Waals surface area (Å²) in [7, 11) is 0. The van der Waals surface area contributed by atoms with Crippen LogP contribution in [0.25, 0.3) is 0 Å². The number of carbonyl (C=O) groups is 8. The Labute approximate surface area is 370 Å². The zero-order chi connectivity index (χ0) is 46.9. The van der Waals surface area contributed by atoms with Gasteiger partial charge in [-0.25, -0.2) is 0 Å². The molecule has 20 nitrogen and oxygen atoms in total. The van der Waals surface area contributed by atoms with E-state index >= 15 is 0 Å². The van der Waals surface area contributed by atoms with E-state index in [2.05, 4.69) is 49.5 Å². The molecule has 0 radical (unpaired) electrons. The van der Waals surface area contributed by atoms with Crippen LogP contribution in [0.1, 0.15) is 104 Å². The predicted molar refractivity (Wildman–Crippen MR) is 237 cm³/mol. The van der Waals surface area contributed by atoms with Crippen LogP contribution in [0, 0.1) is 5.92 Å². The minimum absolute atomic E-state index is 0.00932. The van der Waals surface area contributed by atoms with Crippen molar-refractivity contribution < 1.29 is 43.5 Å². The molecule has 15 N–H and O–H groups in total. The maximum absolute atomic E-state index is 14.2. The van der Waals surface area contributed by atoms with E-state index in [1.807, 2.05) is 13.8 Å². The topological polar surface area (TPSA) is 331 Å². The fraction of sp³-hybridized carbons (Fsp3) is 0.674. The second-order valence-electron chi connectivity index (χ2n) is 16.4. The fourth-order valence-electron chi connectivity index (χ4n) is 6.96. The highest BCUT2D eigenvalue weighted by Gasteiger charge is 2.35. The van der Waals surface area contributed by atoms with Crippen molar-refractivity contribution in [2.45, 2.75) is 153 Å². The molecular formula is C43H73N11O9. The van der Waals surface area contributed by atoms with Crippen LogP contribution in [0.15, 0.2) is 30.3 Å². The maximum atomic E-state index is 14.2. The summed E-state index contributed by atoms with van der Waals surface area (Å²) in [4.78, 5) is 110. The van der Waals surface area contributed by atoms with Gasteiger partial charge in [0.25, 0.3) is 0 Å². The third kappa shape index (κ3) is 19.8. The summed E-state index contributed by atoms with van der Waals surface area (Å²) >= 11 is 0. The Morgan fingerprint density at radius 3 is 1.65 bits per heavy atom. The van der Waals surface area contributed by atoms with E-state index < -0.39 is 95.7 Å². The summed E-state index contributed by atoms with van der Waals surface area (Å²) in [6.45, 7) is 6.62. The maximum Gasteiger partial charge on any atom is 0.245 e. The van der Waals surface area contributed by atoms with Gasteiger partial charge in [0.05, 0.1) is 6.10 Å². The lowest BCUT2D eigenvalue weighted by Crippen LogP contribution is -2.61. The van der Waals surface area contributed by atoms with Crippen LogP contribution >= 0.6 is 0 Å². The SMILES string of the molecule is CCCCCCCC(=O)N[C@H]1CCNC(=O)[C@H]([C@@H](C)O)NC(=O)[C@H](CCN)NC(=O)[C@H](CCN)NC(=O)[C@H](CC(C)C)NC(=O)[C@@H](Cc2ccccc2)NC(=O)[C@H](CCN)NC1=O. The van der Waals surface area contributed by atoms with Crippen LogP contribution in [-0.4, -0.2) is 127 Å². The first-order chi connectivity index (χ1) is 30.0. The van der Waals surface area contributed by atoms with E-state index in [1.54, 1.807) is 30.3 Å². The molecule has 1 aliphatic heterocycles. The largest absolute Gasteiger partial charge is 0.391 e. The number of unbranched alkanes of at least 4 members (excludes halogenated alkanes) is 4. The zero-order valence-corrected chi connectivity index (χ0v) is 37.3. The molecule has 63 heavy (non-hydrogen) atoms. The Bertz CT molecular complexity index is 1630. The minimum Gasteiger partial charge on any atom is -0.391 e. The molecule has 20 heteroatoms. The van der Waals surface area contributed by atoms with Gasteiger partial charge in [0.1, 0.15) is 42.3 Å². The molecular weight excluding hydrogens is 815 g/mol. The van der Waals surface area contributed by atoms with Gasteiger partial charge in [-0.15, -0.1) is 0 Å². The lowest BCUT2D eigenvalue weighted by atomic mass is 10.00. The molecule has 1 fully saturated rings. The molecule has 0 aromatic heterocycles. The number of rotatable bonds is 18. The monoisotopic (exact) mass is 888 g/mol. The number of amides is 8. The third-order valence-electron chi connectivity index (χ3n) is 10.5. The Kier molecular flexibility index (Phi) is 25.0. The summed E-state index contributed by atoms with van der Waals surface area (Å²) in [5, 5.41) is 31.7. The molecule has 8 atom stereocenters. The summed E-state index contributed by atoms with van der Waals surface area (Å²) in [6.07, 6.45) is 2.81. The first-order valence-corrected chi connectivity index (χ1v) is 22.3. The van der Waals surface area contributed by atoms with Gasteiger partial charge in [-0.2, -0.15) is 0 Å². The van der Waals surface area contributed by atoms with Crippen LogP contribution < -0.4 is 59.7 Å². The van der Waals surface area contributed by atoms with Crippen molar-refractivity contribution in [2.75, 3.05) is 26.2 Å². The molecule has 0 spiro atoms. The zero-order valence-electron chi connectivity index (χ0n) is 37.3. The average Bonchev–Trinajstić information content (AvgIpc) is 3.23. The highest BCUT2D eigenvalue weighted by Crippen LogP contribution is 2.11. The molecule has 8 amide bonds. The van der Waals surface area contributed by atoms with Gasteiger partial charge in [0, 0.05) is 19.4 Å². The van der Waals surface area contributed by atoms with Gasteiger partial charge < -0.3 is 64.8 Å². The number of benzene rings is 1. The number of hydrogen-bond donors (Lipinski definition) is 12. The summed E-state index contributed by atoms with van der Waals surface area (Å²) in [5.74, 6) is -6.02. The summed E-state index contributed by atoms with van der Waals surface area (Å²) < 4.78 is 0. The average molecular weight is 888 g/mol. The fourth-order valence-corrected chi connectivity index (χ4v) is 6.96. The van der Waals surface area contributed by atoms with Crippen LogP contribution in [0.2, 0.25) is 0 Å². The quantitative estimate of drug-likeness (QED) is 0.0711. The van der Waals surface area contributed by atoms with Crippen LogP contribution in [0.5, 0.6) is 0 Å². The van der Waals surface area contributed by atoms with E-state index in [0.717, 1.165) is 25.7 Å². The van der Waals surface area contributed by atoms with Gasteiger partial charge in [-0.1, -0.05) is 76.8 Å². The van der Waals surface area contributed by atoms with Crippen molar-refractivity contribution >= 4 is 47.3 Å². The number of nitrogens with two attached hydrogens (primary N) is 3.